The zero-order valence-electron chi connectivity index (χ0n) is 30.9. The number of allylic oxidation sites excluding steroid dienone is 1. The van der Waals surface area contributed by atoms with Gasteiger partial charge in [0.2, 0.25) is 0 Å². The molecule has 8 aromatic carbocycles. The molecule has 1 aliphatic rings. The number of fused-ring (bicyclic) bond motifs is 6. The van der Waals surface area contributed by atoms with Crippen molar-refractivity contribution >= 4 is 27.5 Å². The largest absolute Gasteiger partial charge is 0.405 e. The Labute approximate surface area is 327 Å². The number of aromatic nitrogens is 1. The van der Waals surface area contributed by atoms with Crippen molar-refractivity contribution in [2.45, 2.75) is 12.1 Å². The monoisotopic (exact) mass is 717 g/mol. The molecule has 0 saturated heterocycles. The Balaban J connectivity index is 1.10. The van der Waals surface area contributed by atoms with Crippen molar-refractivity contribution in [3.63, 3.8) is 0 Å². The van der Waals surface area contributed by atoms with Gasteiger partial charge in [-0.05, 0) is 86.1 Å². The van der Waals surface area contributed by atoms with E-state index < -0.39 is 5.41 Å². The molecule has 0 aliphatic heterocycles. The third-order valence-corrected chi connectivity index (χ3v) is 11.5. The van der Waals surface area contributed by atoms with E-state index in [0.717, 1.165) is 33.4 Å². The van der Waals surface area contributed by atoms with Crippen molar-refractivity contribution in [3.8, 4) is 33.4 Å². The van der Waals surface area contributed by atoms with Crippen LogP contribution in [0, 0.1) is 0 Å². The average Bonchev–Trinajstić information content (AvgIpc) is 3.76. The van der Waals surface area contributed by atoms with Crippen LogP contribution in [0.5, 0.6) is 0 Å². The lowest BCUT2D eigenvalue weighted by Gasteiger charge is -2.34. The lowest BCUT2D eigenvalue weighted by Crippen LogP contribution is -2.28. The van der Waals surface area contributed by atoms with Crippen LogP contribution in [-0.2, 0) is 12.1 Å². The van der Waals surface area contributed by atoms with E-state index in [-0.39, 0.29) is 0 Å². The summed E-state index contributed by atoms with van der Waals surface area (Å²) in [5.74, 6) is 0. The molecule has 1 aromatic heterocycles. The summed E-state index contributed by atoms with van der Waals surface area (Å²) in [6, 6.07) is 72.3. The molecule has 0 bridgehead atoms. The number of aliphatic imine (C=N–C) groups is 1. The summed E-state index contributed by atoms with van der Waals surface area (Å²) >= 11 is 0. The molecule has 0 atom stereocenters. The summed E-state index contributed by atoms with van der Waals surface area (Å²) in [4.78, 5) is 5.30. The maximum absolute atomic E-state index is 6.09. The van der Waals surface area contributed by atoms with Gasteiger partial charge in [0, 0.05) is 16.3 Å². The summed E-state index contributed by atoms with van der Waals surface area (Å²) in [5.41, 5.74) is 22.1. The lowest BCUT2D eigenvalue weighted by atomic mass is 9.67. The van der Waals surface area contributed by atoms with Crippen LogP contribution in [0.2, 0.25) is 0 Å². The molecule has 0 amide bonds. The Hall–Kier alpha value is -7.23. The van der Waals surface area contributed by atoms with Gasteiger partial charge in [0.25, 0.3) is 0 Å². The van der Waals surface area contributed by atoms with Gasteiger partial charge in [0.15, 0.2) is 0 Å². The molecule has 2 N–H and O–H groups in total. The van der Waals surface area contributed by atoms with Crippen molar-refractivity contribution in [1.82, 2.24) is 4.57 Å². The third-order valence-electron chi connectivity index (χ3n) is 11.5. The minimum absolute atomic E-state index is 0.425. The van der Waals surface area contributed by atoms with Gasteiger partial charge in [0.1, 0.15) is 6.67 Å². The lowest BCUT2D eigenvalue weighted by molar-refractivity contribution is 0.763. The van der Waals surface area contributed by atoms with Crippen molar-refractivity contribution in [2.75, 3.05) is 0 Å². The highest BCUT2D eigenvalue weighted by molar-refractivity contribution is 6.10. The van der Waals surface area contributed by atoms with E-state index in [1.165, 1.54) is 55.3 Å². The van der Waals surface area contributed by atoms with Gasteiger partial charge in [-0.15, -0.1) is 0 Å². The number of nitrogens with zero attached hydrogens (tertiary/aromatic N) is 2. The first kappa shape index (κ1) is 33.3. The van der Waals surface area contributed by atoms with Crippen LogP contribution in [0.3, 0.4) is 0 Å². The molecule has 9 aromatic rings. The second-order valence-electron chi connectivity index (χ2n) is 14.5. The Kier molecular flexibility index (Phi) is 8.26. The topological polar surface area (TPSA) is 43.3 Å². The fraction of sp³-hybridized carbons (Fsp3) is 0.0377. The molecule has 0 spiro atoms. The van der Waals surface area contributed by atoms with Gasteiger partial charge in [-0.3, -0.25) is 4.99 Å². The Morgan fingerprint density at radius 1 is 0.482 bits per heavy atom. The van der Waals surface area contributed by atoms with E-state index in [1.807, 2.05) is 12.1 Å². The summed E-state index contributed by atoms with van der Waals surface area (Å²) in [6.07, 6.45) is 3.50. The van der Waals surface area contributed by atoms with E-state index in [4.69, 9.17) is 10.7 Å². The van der Waals surface area contributed by atoms with Crippen LogP contribution in [-0.4, -0.2) is 10.3 Å². The molecule has 0 saturated carbocycles. The number of hydrogen-bond acceptors (Lipinski definition) is 2. The second kappa shape index (κ2) is 13.9. The molecular weight excluding hydrogens is 679 g/mol. The fourth-order valence-electron chi connectivity index (χ4n) is 8.97. The minimum Gasteiger partial charge on any atom is -0.405 e. The van der Waals surface area contributed by atoms with E-state index in [9.17, 15) is 0 Å². The predicted octanol–water partition coefficient (Wildman–Crippen LogP) is 12.4. The molecule has 1 heterocycles. The normalized spacial score (nSPS) is 13.3. The molecule has 56 heavy (non-hydrogen) atoms. The Bertz CT molecular complexity index is 2890. The molecule has 3 nitrogen and oxygen atoms in total. The molecule has 0 radical (unpaired) electrons. The van der Waals surface area contributed by atoms with E-state index in [0.29, 0.717) is 6.67 Å². The smallest absolute Gasteiger partial charge is 0.115 e. The highest BCUT2D eigenvalue weighted by Crippen LogP contribution is 2.56. The molecule has 0 fully saturated rings. The number of nitrogens with two attached hydrogens (primary N) is 1. The van der Waals surface area contributed by atoms with E-state index >= 15 is 0 Å². The van der Waals surface area contributed by atoms with Crippen LogP contribution < -0.4 is 5.73 Å². The van der Waals surface area contributed by atoms with Crippen molar-refractivity contribution in [3.05, 3.63) is 240 Å². The van der Waals surface area contributed by atoms with Crippen LogP contribution >= 0.6 is 0 Å². The number of benzene rings is 8. The van der Waals surface area contributed by atoms with Crippen LogP contribution in [0.1, 0.15) is 27.8 Å². The van der Waals surface area contributed by atoms with Gasteiger partial charge in [0.05, 0.1) is 22.2 Å². The third kappa shape index (κ3) is 5.39. The number of para-hydroxylation sites is 1. The first-order valence-electron chi connectivity index (χ1n) is 19.2. The SMILES string of the molecule is N/C=C\C(=NCn1c2ccccc2c2ccc(C3(c4ccccc4)c4ccccc4-c4ccccc43)cc21)c1cccc(-c2ccc(-c3ccccc3)cc2)c1. The van der Waals surface area contributed by atoms with E-state index in [2.05, 4.69) is 199 Å². The number of rotatable bonds is 8. The summed E-state index contributed by atoms with van der Waals surface area (Å²) in [7, 11) is 0. The van der Waals surface area contributed by atoms with Gasteiger partial charge >= 0.3 is 0 Å². The van der Waals surface area contributed by atoms with Gasteiger partial charge < -0.3 is 10.3 Å². The minimum atomic E-state index is -0.486. The second-order valence-corrected chi connectivity index (χ2v) is 14.5. The Morgan fingerprint density at radius 3 is 1.77 bits per heavy atom. The van der Waals surface area contributed by atoms with Crippen molar-refractivity contribution in [1.29, 1.82) is 0 Å². The average molecular weight is 718 g/mol. The van der Waals surface area contributed by atoms with Crippen LogP contribution in [0.25, 0.3) is 55.2 Å². The molecule has 0 unspecified atom stereocenters. The van der Waals surface area contributed by atoms with Gasteiger partial charge in [-0.25, -0.2) is 0 Å². The molecule has 10 rings (SSSR count). The van der Waals surface area contributed by atoms with Crippen molar-refractivity contribution < 1.29 is 0 Å². The predicted molar refractivity (Wildman–Crippen MR) is 234 cm³/mol. The highest BCUT2D eigenvalue weighted by Gasteiger charge is 2.46. The van der Waals surface area contributed by atoms with Gasteiger partial charge in [-0.2, -0.15) is 0 Å². The molecule has 3 heteroatoms. The van der Waals surface area contributed by atoms with Crippen LogP contribution in [0.4, 0.5) is 0 Å². The van der Waals surface area contributed by atoms with Gasteiger partial charge in [-0.1, -0.05) is 182 Å². The highest BCUT2D eigenvalue weighted by atomic mass is 15.1. The number of hydrogen-bond donors (Lipinski definition) is 1. The standard InChI is InChI=1S/C53H39N3/c54-33-32-50(41-17-13-16-40(34-41)39-28-26-38(27-29-39)37-14-3-1-4-15-37)55-36-56-51-25-12-9-22-46(51)47-31-30-43(35-52(47)56)53(42-18-5-2-6-19-42)48-23-10-7-20-44(48)45-21-8-11-24-49(45)53/h1-35H,36,54H2/b33-32-,55-50?. The molecule has 1 aliphatic carbocycles. The molecular formula is C53H39N3. The zero-order valence-corrected chi connectivity index (χ0v) is 30.9. The van der Waals surface area contributed by atoms with E-state index in [1.54, 1.807) is 6.20 Å². The zero-order chi connectivity index (χ0) is 37.5. The fourth-order valence-corrected chi connectivity index (χ4v) is 8.97. The molecule has 266 valence electrons. The maximum Gasteiger partial charge on any atom is 0.115 e. The van der Waals surface area contributed by atoms with Crippen molar-refractivity contribution in [2.24, 2.45) is 10.7 Å². The summed E-state index contributed by atoms with van der Waals surface area (Å²) < 4.78 is 2.36. The first-order chi connectivity index (χ1) is 27.7. The maximum atomic E-state index is 6.09. The Morgan fingerprint density at radius 2 is 1.05 bits per heavy atom. The summed E-state index contributed by atoms with van der Waals surface area (Å²) in [5, 5.41) is 2.42. The first-order valence-corrected chi connectivity index (χ1v) is 19.2. The summed E-state index contributed by atoms with van der Waals surface area (Å²) in [6.45, 7) is 0.425. The quantitative estimate of drug-likeness (QED) is 0.156. The van der Waals surface area contributed by atoms with Crippen LogP contribution in [0.15, 0.2) is 217 Å².